The fourth-order valence-corrected chi connectivity index (χ4v) is 0.616. The van der Waals surface area contributed by atoms with Crippen LogP contribution < -0.4 is 0 Å². The normalized spacial score (nSPS) is 8.86. The predicted molar refractivity (Wildman–Crippen MR) is 36.0 cm³/mol. The van der Waals surface area contributed by atoms with E-state index in [1.165, 1.54) is 0 Å². The van der Waals surface area contributed by atoms with Crippen LogP contribution in [-0.4, -0.2) is 32.8 Å². The maximum absolute atomic E-state index is 4.78. The van der Waals surface area contributed by atoms with Crippen LogP contribution in [0, 0.1) is 0 Å². The van der Waals surface area contributed by atoms with E-state index in [-0.39, 0.29) is 0 Å². The van der Waals surface area contributed by atoms with E-state index >= 15 is 0 Å². The van der Waals surface area contributed by atoms with Gasteiger partial charge < -0.3 is 4.74 Å². The molecule has 0 N–H and O–H groups in total. The van der Waals surface area contributed by atoms with Crippen molar-refractivity contribution in [3.8, 4) is 0 Å². The van der Waals surface area contributed by atoms with Crippen LogP contribution in [0.5, 0.6) is 0 Å². The lowest BCUT2D eigenvalue weighted by molar-refractivity contribution is 0.252. The van der Waals surface area contributed by atoms with Crippen molar-refractivity contribution >= 4 is 19.0 Å². The number of ether oxygens (including phenoxy) is 1. The Hall–Kier alpha value is 0.375. The second-order valence-corrected chi connectivity index (χ2v) is 2.11. The first-order chi connectivity index (χ1) is 3.41. The maximum Gasteiger partial charge on any atom is 0.157 e. The molecule has 0 rings (SSSR count). The van der Waals surface area contributed by atoms with Gasteiger partial charge in [-0.3, -0.25) is 0 Å². The molecule has 0 aliphatic heterocycles. The van der Waals surface area contributed by atoms with Crippen LogP contribution in [0.25, 0.3) is 0 Å². The van der Waals surface area contributed by atoms with Crippen molar-refractivity contribution in [2.45, 2.75) is 0 Å². The Labute approximate surface area is 50.1 Å². The highest BCUT2D eigenvalue weighted by Crippen LogP contribution is 1.86. The van der Waals surface area contributed by atoms with Crippen molar-refractivity contribution in [1.29, 1.82) is 0 Å². The molecule has 0 saturated carbocycles. The van der Waals surface area contributed by atoms with E-state index in [2.05, 4.69) is 13.5 Å². The zero-order valence-electron chi connectivity index (χ0n) is 4.81. The summed E-state index contributed by atoms with van der Waals surface area (Å²) in [6, 6.07) is 0. The summed E-state index contributed by atoms with van der Waals surface area (Å²) in [4.78, 5) is 0. The Morgan fingerprint density at radius 1 is 1.71 bits per heavy atom. The summed E-state index contributed by atoms with van der Waals surface area (Å²) in [7, 11) is 3.81. The Morgan fingerprint density at radius 3 is 2.86 bits per heavy atom. The maximum atomic E-state index is 4.78. The Balaban J connectivity index is 2.45. The molecule has 0 amide bonds. The summed E-state index contributed by atoms with van der Waals surface area (Å²) in [5.41, 5.74) is 1.09. The molecule has 0 aliphatic carbocycles. The smallest absolute Gasteiger partial charge is 0.157 e. The second-order valence-electron chi connectivity index (χ2n) is 1.20. The van der Waals surface area contributed by atoms with Crippen LogP contribution >= 0.6 is 11.8 Å². The lowest BCUT2D eigenvalue weighted by Gasteiger charge is -1.90. The molecule has 0 aliphatic rings. The quantitative estimate of drug-likeness (QED) is 0.394. The number of methoxy groups -OCH3 is 1. The molecule has 0 heterocycles. The van der Waals surface area contributed by atoms with E-state index in [9.17, 15) is 0 Å². The highest BCUT2D eigenvalue weighted by Gasteiger charge is 1.83. The monoisotopic (exact) mass is 117 g/mol. The first-order valence-electron chi connectivity index (χ1n) is 2.21. The third kappa shape index (κ3) is 6.37. The molecular weight excluding hydrogens is 107 g/mol. The molecule has 0 aromatic rings. The zero-order chi connectivity index (χ0) is 5.54. The van der Waals surface area contributed by atoms with Gasteiger partial charge in [-0.15, -0.1) is 0 Å². The highest BCUT2D eigenvalue weighted by atomic mass is 32.2. The Bertz CT molecular complexity index is 30.9. The summed E-state index contributed by atoms with van der Waals surface area (Å²) in [6.45, 7) is 0.779. The molecule has 41 valence electrons. The van der Waals surface area contributed by atoms with Crippen LogP contribution in [0.2, 0.25) is 0 Å². The van der Waals surface area contributed by atoms with Crippen LogP contribution in [0.1, 0.15) is 0 Å². The van der Waals surface area contributed by atoms with Crippen molar-refractivity contribution in [2.75, 3.05) is 25.5 Å². The van der Waals surface area contributed by atoms with Gasteiger partial charge >= 0.3 is 0 Å². The molecule has 0 fully saturated rings. The van der Waals surface area contributed by atoms with Gasteiger partial charge in [0.25, 0.3) is 0 Å². The fraction of sp³-hybridized carbons (Fsp3) is 1.00. The minimum absolute atomic E-state index is 0.779. The topological polar surface area (TPSA) is 9.23 Å². The number of hydrogen-bond acceptors (Lipinski definition) is 2. The molecule has 3 heteroatoms. The van der Waals surface area contributed by atoms with Crippen LogP contribution in [0.15, 0.2) is 0 Å². The molecule has 0 bridgehead atoms. The number of thioether (sulfide) groups is 1. The lowest BCUT2D eigenvalue weighted by Crippen LogP contribution is -2.02. The molecular formula is C4H10BOS. The van der Waals surface area contributed by atoms with Crippen LogP contribution in [0.4, 0.5) is 0 Å². The molecule has 1 radical (unpaired) electrons. The summed E-state index contributed by atoms with van der Waals surface area (Å²) in [5.74, 6) is 0. The number of rotatable bonds is 4. The molecule has 7 heavy (non-hydrogen) atoms. The number of hydrogen-bond donors (Lipinski definition) is 0. The van der Waals surface area contributed by atoms with E-state index in [1.54, 1.807) is 18.9 Å². The van der Waals surface area contributed by atoms with Gasteiger partial charge in [-0.1, -0.05) is 0 Å². The van der Waals surface area contributed by atoms with Crippen molar-refractivity contribution in [1.82, 2.24) is 0 Å². The van der Waals surface area contributed by atoms with Gasteiger partial charge in [-0.25, -0.2) is 0 Å². The van der Waals surface area contributed by atoms with Crippen molar-refractivity contribution in [3.05, 3.63) is 0 Å². The Morgan fingerprint density at radius 2 is 2.43 bits per heavy atom. The fourth-order valence-electron chi connectivity index (χ4n) is 0.284. The SMILES string of the molecule is COC[B]CSC. The zero-order valence-corrected chi connectivity index (χ0v) is 5.62. The average molecular weight is 117 g/mol. The highest BCUT2D eigenvalue weighted by molar-refractivity contribution is 7.99. The third-order valence-corrected chi connectivity index (χ3v) is 1.14. The first kappa shape index (κ1) is 7.37. The van der Waals surface area contributed by atoms with Gasteiger partial charge in [0.15, 0.2) is 7.28 Å². The molecule has 0 atom stereocenters. The van der Waals surface area contributed by atoms with Gasteiger partial charge in [0.05, 0.1) is 0 Å². The molecule has 0 aromatic heterocycles. The molecule has 0 aromatic carbocycles. The predicted octanol–water partition coefficient (Wildman–Crippen LogP) is 0.615. The molecule has 0 saturated heterocycles. The lowest BCUT2D eigenvalue weighted by atomic mass is 9.84. The van der Waals surface area contributed by atoms with Crippen molar-refractivity contribution in [3.63, 3.8) is 0 Å². The van der Waals surface area contributed by atoms with E-state index in [0.717, 1.165) is 12.2 Å². The second kappa shape index (κ2) is 6.37. The Kier molecular flexibility index (Phi) is 6.72. The average Bonchev–Trinajstić information content (AvgIpc) is 1.69. The largest absolute Gasteiger partial charge is 0.394 e. The van der Waals surface area contributed by atoms with Gasteiger partial charge in [-0.05, 0) is 11.9 Å². The van der Waals surface area contributed by atoms with E-state index in [4.69, 9.17) is 4.74 Å². The van der Waals surface area contributed by atoms with Gasteiger partial charge in [-0.2, -0.15) is 11.8 Å². The summed E-state index contributed by atoms with van der Waals surface area (Å²) in [5, 5.41) is 0. The van der Waals surface area contributed by atoms with E-state index in [0.29, 0.717) is 0 Å². The van der Waals surface area contributed by atoms with Gasteiger partial charge in [0, 0.05) is 13.6 Å². The van der Waals surface area contributed by atoms with Gasteiger partial charge in [0.1, 0.15) is 0 Å². The minimum Gasteiger partial charge on any atom is -0.394 e. The minimum atomic E-state index is 0.779. The van der Waals surface area contributed by atoms with Crippen LogP contribution in [0.3, 0.4) is 0 Å². The standard InChI is InChI=1S/C4H10BOS/c1-6-3-5-4-7-2/h3-4H2,1-2H3. The summed E-state index contributed by atoms with van der Waals surface area (Å²) < 4.78 is 4.78. The van der Waals surface area contributed by atoms with Crippen molar-refractivity contribution in [2.24, 2.45) is 0 Å². The molecule has 1 nitrogen and oxygen atoms in total. The summed E-state index contributed by atoms with van der Waals surface area (Å²) in [6.07, 6.45) is 2.08. The van der Waals surface area contributed by atoms with Gasteiger partial charge in [0.2, 0.25) is 0 Å². The molecule has 0 spiro atoms. The third-order valence-electron chi connectivity index (χ3n) is 0.569. The van der Waals surface area contributed by atoms with E-state index in [1.807, 2.05) is 0 Å². The first-order valence-corrected chi connectivity index (χ1v) is 3.60. The molecule has 0 unspecified atom stereocenters. The van der Waals surface area contributed by atoms with Crippen molar-refractivity contribution < 1.29 is 4.74 Å². The van der Waals surface area contributed by atoms with E-state index < -0.39 is 0 Å². The van der Waals surface area contributed by atoms with Crippen LogP contribution in [-0.2, 0) is 4.74 Å². The summed E-state index contributed by atoms with van der Waals surface area (Å²) >= 11 is 1.81.